The molecule has 5 nitrogen and oxygen atoms in total. The van der Waals surface area contributed by atoms with Crippen molar-refractivity contribution in [1.29, 1.82) is 0 Å². The Bertz CT molecular complexity index is 484. The van der Waals surface area contributed by atoms with Gasteiger partial charge in [0, 0.05) is 11.1 Å². The van der Waals surface area contributed by atoms with Gasteiger partial charge in [-0.1, -0.05) is 0 Å². The Morgan fingerprint density at radius 1 is 1.40 bits per heavy atom. The molecule has 0 saturated carbocycles. The lowest BCUT2D eigenvalue weighted by atomic mass is 9.86. The van der Waals surface area contributed by atoms with Crippen LogP contribution >= 0.6 is 0 Å². The molecule has 2 rings (SSSR count). The van der Waals surface area contributed by atoms with Gasteiger partial charge in [0.25, 0.3) is 0 Å². The predicted octanol–water partition coefficient (Wildman–Crippen LogP) is 0.114. The Kier molecular flexibility index (Phi) is 1.36. The second kappa shape index (κ2) is 3.06. The lowest BCUT2D eigenvalue weighted by molar-refractivity contribution is 0.00578. The van der Waals surface area contributed by atoms with Crippen LogP contribution in [0.2, 0.25) is 0 Å². The molecule has 82 valence electrons. The van der Waals surface area contributed by atoms with E-state index in [9.17, 15) is 0 Å². The monoisotopic (exact) mass is 213 g/mol. The number of hydrogen-bond acceptors (Lipinski definition) is 4. The molecule has 1 saturated heterocycles. The number of hydrogen-bond donors (Lipinski definition) is 0. The molecule has 1 fully saturated rings. The van der Waals surface area contributed by atoms with E-state index in [0.29, 0.717) is 4.80 Å². The zero-order valence-electron chi connectivity index (χ0n) is 13.2. The maximum atomic E-state index is 7.69. The summed E-state index contributed by atoms with van der Waals surface area (Å²) in [6.45, 7) is 4.95. The highest BCUT2D eigenvalue weighted by Crippen LogP contribution is 2.36. The minimum absolute atomic E-state index is 0.0785. The van der Waals surface area contributed by atoms with Crippen molar-refractivity contribution in [1.82, 2.24) is 15.0 Å². The van der Waals surface area contributed by atoms with Crippen LogP contribution in [0.5, 0.6) is 0 Å². The van der Waals surface area contributed by atoms with Gasteiger partial charge in [-0.25, -0.2) is 0 Å². The fraction of sp³-hybridized carbons (Fsp3) is 0.778. The Morgan fingerprint density at radius 2 is 2.00 bits per heavy atom. The van der Waals surface area contributed by atoms with E-state index in [1.54, 1.807) is 0 Å². The Labute approximate surface area is 95.5 Å². The Morgan fingerprint density at radius 3 is 2.47 bits per heavy atom. The van der Waals surface area contributed by atoms with Crippen molar-refractivity contribution in [3.8, 4) is 0 Å². The van der Waals surface area contributed by atoms with Gasteiger partial charge in [0.1, 0.15) is 5.59 Å². The van der Waals surface area contributed by atoms with Crippen LogP contribution in [0.15, 0.2) is 6.17 Å². The normalized spacial score (nSPS) is 28.1. The molecular formula is C9H16BN3O2. The lowest BCUT2D eigenvalue weighted by Gasteiger charge is -2.32. The molecular weight excluding hydrogens is 193 g/mol. The fourth-order valence-corrected chi connectivity index (χ4v) is 1.30. The van der Waals surface area contributed by atoms with Crippen LogP contribution in [0.1, 0.15) is 33.2 Å². The maximum Gasteiger partial charge on any atom is 0.518 e. The standard InChI is InChI=1S/C9H16BN3O2/c1-8(2)9(3,4)15-10(14-8)7-6-11-13(5)12-7/h6H,1-5H3/i5D3,6D. The van der Waals surface area contributed by atoms with Gasteiger partial charge in [-0.05, 0) is 27.7 Å². The van der Waals surface area contributed by atoms with Gasteiger partial charge in [0.2, 0.25) is 0 Å². The van der Waals surface area contributed by atoms with Crippen LogP contribution in [0.25, 0.3) is 0 Å². The van der Waals surface area contributed by atoms with Gasteiger partial charge < -0.3 is 9.31 Å². The largest absolute Gasteiger partial charge is 0.518 e. The molecule has 0 amide bonds. The molecule has 1 aromatic rings. The van der Waals surface area contributed by atoms with Gasteiger partial charge in [0.15, 0.2) is 0 Å². The summed E-state index contributed by atoms with van der Waals surface area (Å²) in [5.41, 5.74) is -1.07. The minimum atomic E-state index is -2.52. The van der Waals surface area contributed by atoms with Crippen molar-refractivity contribution < 1.29 is 14.8 Å². The van der Waals surface area contributed by atoms with E-state index in [1.165, 1.54) is 0 Å². The van der Waals surface area contributed by atoms with E-state index in [0.717, 1.165) is 0 Å². The second-order valence-electron chi connectivity index (χ2n) is 4.57. The molecule has 0 spiro atoms. The molecule has 6 heteroatoms. The van der Waals surface area contributed by atoms with Crippen LogP contribution in [-0.4, -0.2) is 33.3 Å². The molecule has 0 radical (unpaired) electrons. The van der Waals surface area contributed by atoms with E-state index < -0.39 is 25.3 Å². The summed E-state index contributed by atoms with van der Waals surface area (Å²) in [5, 5.41) is 7.37. The average molecular weight is 213 g/mol. The molecule has 15 heavy (non-hydrogen) atoms. The average Bonchev–Trinajstić information content (AvgIpc) is 2.65. The summed E-state index contributed by atoms with van der Waals surface area (Å²) in [6, 6.07) is 0. The highest BCUT2D eigenvalue weighted by molar-refractivity contribution is 6.61. The van der Waals surface area contributed by atoms with Crippen molar-refractivity contribution in [2.45, 2.75) is 38.9 Å². The third-order valence-electron chi connectivity index (χ3n) is 2.94. The molecule has 0 bridgehead atoms. The van der Waals surface area contributed by atoms with Crippen LogP contribution in [0.3, 0.4) is 0 Å². The first-order valence-electron chi connectivity index (χ1n) is 6.74. The van der Waals surface area contributed by atoms with Crippen LogP contribution in [0.4, 0.5) is 0 Å². The zero-order valence-corrected chi connectivity index (χ0v) is 9.24. The topological polar surface area (TPSA) is 49.2 Å². The Balaban J connectivity index is 2.33. The molecule has 2 heterocycles. The summed E-state index contributed by atoms with van der Waals surface area (Å²) in [5.74, 6) is 0. The lowest BCUT2D eigenvalue weighted by Crippen LogP contribution is -2.41. The summed E-state index contributed by atoms with van der Waals surface area (Å²) in [4.78, 5) is 0.537. The van der Waals surface area contributed by atoms with E-state index >= 15 is 0 Å². The maximum absolute atomic E-state index is 7.69. The first-order chi connectivity index (χ1) is 8.44. The van der Waals surface area contributed by atoms with Crippen LogP contribution < -0.4 is 5.59 Å². The van der Waals surface area contributed by atoms with Crippen LogP contribution in [0, 0.1) is 0 Å². The molecule has 1 aliphatic rings. The van der Waals surface area contributed by atoms with Gasteiger partial charge in [0.05, 0.1) is 18.7 Å². The second-order valence-corrected chi connectivity index (χ2v) is 4.57. The van der Waals surface area contributed by atoms with Crippen molar-refractivity contribution in [3.63, 3.8) is 0 Å². The molecule has 0 atom stereocenters. The number of nitrogens with zero attached hydrogens (tertiary/aromatic N) is 3. The van der Waals surface area contributed by atoms with Gasteiger partial charge in [-0.15, -0.1) is 0 Å². The number of rotatable bonds is 1. The Hall–Kier alpha value is -0.875. The van der Waals surface area contributed by atoms with E-state index in [2.05, 4.69) is 10.2 Å². The van der Waals surface area contributed by atoms with E-state index in [-0.39, 0.29) is 11.8 Å². The molecule has 1 aliphatic heterocycles. The van der Waals surface area contributed by atoms with Gasteiger partial charge in [-0.3, -0.25) is 0 Å². The molecule has 0 N–H and O–H groups in total. The molecule has 0 unspecified atom stereocenters. The molecule has 0 aromatic carbocycles. The van der Waals surface area contributed by atoms with Gasteiger partial charge in [-0.2, -0.15) is 15.0 Å². The minimum Gasteiger partial charge on any atom is -0.398 e. The highest BCUT2D eigenvalue weighted by Gasteiger charge is 2.52. The van der Waals surface area contributed by atoms with Crippen molar-refractivity contribution in [3.05, 3.63) is 6.17 Å². The van der Waals surface area contributed by atoms with Crippen molar-refractivity contribution in [2.75, 3.05) is 0 Å². The van der Waals surface area contributed by atoms with Gasteiger partial charge >= 0.3 is 7.12 Å². The summed E-state index contributed by atoms with van der Waals surface area (Å²) in [6.07, 6.45) is -0.255. The fourth-order valence-electron chi connectivity index (χ4n) is 1.30. The third-order valence-corrected chi connectivity index (χ3v) is 2.94. The van der Waals surface area contributed by atoms with Crippen molar-refractivity contribution >= 4 is 12.7 Å². The predicted molar refractivity (Wildman–Crippen MR) is 56.7 cm³/mol. The third kappa shape index (κ3) is 1.68. The summed E-state index contributed by atoms with van der Waals surface area (Å²) < 4.78 is 40.8. The summed E-state index contributed by atoms with van der Waals surface area (Å²) >= 11 is 0. The molecule has 1 aromatic heterocycles. The quantitative estimate of drug-likeness (QED) is 0.621. The smallest absolute Gasteiger partial charge is 0.398 e. The number of aromatic nitrogens is 3. The van der Waals surface area contributed by atoms with E-state index in [4.69, 9.17) is 14.8 Å². The molecule has 0 aliphatic carbocycles. The first kappa shape index (κ1) is 6.65. The highest BCUT2D eigenvalue weighted by atomic mass is 16.7. The first-order valence-corrected chi connectivity index (χ1v) is 4.74. The number of aryl methyl sites for hydroxylation is 1. The summed E-state index contributed by atoms with van der Waals surface area (Å²) in [7, 11) is -0.881. The zero-order chi connectivity index (χ0) is 14.6. The van der Waals surface area contributed by atoms with E-state index in [1.807, 2.05) is 27.7 Å². The SMILES string of the molecule is [2H]c1nn(C([2H])([2H])[2H])nc1B1OC(C)(C)C(C)(C)O1. The van der Waals surface area contributed by atoms with Crippen molar-refractivity contribution in [2.24, 2.45) is 6.98 Å². The van der Waals surface area contributed by atoms with Crippen LogP contribution in [-0.2, 0) is 16.3 Å².